The molecule has 1 aromatic rings. The number of aryl methyl sites for hydroxylation is 2. The van der Waals surface area contributed by atoms with E-state index in [0.717, 1.165) is 30.2 Å². The maximum atomic E-state index is 6.19. The number of hydrogen-bond acceptors (Lipinski definition) is 2. The molecule has 2 rings (SSSR count). The van der Waals surface area contributed by atoms with Gasteiger partial charge in [0.2, 0.25) is 0 Å². The van der Waals surface area contributed by atoms with E-state index >= 15 is 0 Å². The fourth-order valence-electron chi connectivity index (χ4n) is 2.84. The van der Waals surface area contributed by atoms with E-state index in [9.17, 15) is 0 Å². The molecular formula is C16H24ClNO. The molecule has 0 aromatic heterocycles. The molecule has 1 saturated heterocycles. The van der Waals surface area contributed by atoms with Gasteiger partial charge in [0.15, 0.2) is 0 Å². The van der Waals surface area contributed by atoms with Gasteiger partial charge in [-0.1, -0.05) is 24.6 Å². The summed E-state index contributed by atoms with van der Waals surface area (Å²) in [6, 6.07) is 4.66. The van der Waals surface area contributed by atoms with Crippen molar-refractivity contribution in [2.45, 2.75) is 52.2 Å². The van der Waals surface area contributed by atoms with Crippen LogP contribution in [0.15, 0.2) is 12.1 Å². The van der Waals surface area contributed by atoms with Gasteiger partial charge in [0.25, 0.3) is 0 Å². The average molecular weight is 282 g/mol. The summed E-state index contributed by atoms with van der Waals surface area (Å²) in [4.78, 5) is 0. The van der Waals surface area contributed by atoms with Crippen LogP contribution in [0.5, 0.6) is 0 Å². The van der Waals surface area contributed by atoms with Crippen LogP contribution in [-0.4, -0.2) is 19.3 Å². The lowest BCUT2D eigenvalue weighted by Gasteiger charge is -2.24. The molecule has 1 N–H and O–H groups in total. The van der Waals surface area contributed by atoms with Crippen molar-refractivity contribution in [2.24, 2.45) is 0 Å². The summed E-state index contributed by atoms with van der Waals surface area (Å²) in [5.41, 5.74) is 3.77. The Morgan fingerprint density at radius 1 is 1.37 bits per heavy atom. The van der Waals surface area contributed by atoms with E-state index in [1.807, 2.05) is 0 Å². The van der Waals surface area contributed by atoms with E-state index < -0.39 is 0 Å². The van der Waals surface area contributed by atoms with Crippen molar-refractivity contribution in [1.29, 1.82) is 0 Å². The Balaban J connectivity index is 2.19. The Kier molecular flexibility index (Phi) is 5.26. The lowest BCUT2D eigenvalue weighted by atomic mass is 9.94. The first-order valence-electron chi connectivity index (χ1n) is 7.23. The lowest BCUT2D eigenvalue weighted by Crippen LogP contribution is -2.26. The molecule has 0 bridgehead atoms. The Bertz CT molecular complexity index is 427. The molecule has 1 aliphatic rings. The van der Waals surface area contributed by atoms with Crippen molar-refractivity contribution in [3.63, 3.8) is 0 Å². The molecule has 106 valence electrons. The maximum Gasteiger partial charge on any atom is 0.0594 e. The van der Waals surface area contributed by atoms with Crippen molar-refractivity contribution < 1.29 is 4.74 Å². The Labute approximate surface area is 121 Å². The topological polar surface area (TPSA) is 21.3 Å². The van der Waals surface area contributed by atoms with Gasteiger partial charge < -0.3 is 10.1 Å². The van der Waals surface area contributed by atoms with E-state index in [0.29, 0.717) is 12.1 Å². The molecule has 1 aromatic carbocycles. The van der Waals surface area contributed by atoms with Gasteiger partial charge in [-0.25, -0.2) is 0 Å². The van der Waals surface area contributed by atoms with Crippen LogP contribution in [0.3, 0.4) is 0 Å². The number of halogens is 1. The number of nitrogens with one attached hydrogen (secondary N) is 1. The van der Waals surface area contributed by atoms with E-state index in [2.05, 4.69) is 38.2 Å². The predicted octanol–water partition coefficient (Wildman–Crippen LogP) is 4.18. The zero-order chi connectivity index (χ0) is 13.8. The van der Waals surface area contributed by atoms with Crippen molar-refractivity contribution in [3.05, 3.63) is 33.8 Å². The molecule has 19 heavy (non-hydrogen) atoms. The summed E-state index contributed by atoms with van der Waals surface area (Å²) in [5.74, 6) is 0. The second-order valence-electron chi connectivity index (χ2n) is 5.44. The zero-order valence-electron chi connectivity index (χ0n) is 12.1. The van der Waals surface area contributed by atoms with Crippen molar-refractivity contribution >= 4 is 11.6 Å². The molecular weight excluding hydrogens is 258 g/mol. The molecule has 2 unspecified atom stereocenters. The highest BCUT2D eigenvalue weighted by atomic mass is 35.5. The molecule has 0 radical (unpaired) electrons. The van der Waals surface area contributed by atoms with Crippen LogP contribution in [0.1, 0.15) is 48.9 Å². The summed E-state index contributed by atoms with van der Waals surface area (Å²) in [6.07, 6.45) is 3.84. The van der Waals surface area contributed by atoms with E-state index in [1.54, 1.807) is 0 Å². The number of hydrogen-bond donors (Lipinski definition) is 1. The Hall–Kier alpha value is -0.570. The monoisotopic (exact) mass is 281 g/mol. The normalized spacial score (nSPS) is 20.7. The average Bonchev–Trinajstić information content (AvgIpc) is 2.86. The summed E-state index contributed by atoms with van der Waals surface area (Å²) < 4.78 is 5.78. The maximum absolute atomic E-state index is 6.19. The molecule has 1 aliphatic heterocycles. The summed E-state index contributed by atoms with van der Waals surface area (Å²) in [7, 11) is 0. The third kappa shape index (κ3) is 3.71. The third-order valence-corrected chi connectivity index (χ3v) is 4.30. The van der Waals surface area contributed by atoms with Crippen LogP contribution in [-0.2, 0) is 4.74 Å². The predicted molar refractivity (Wildman–Crippen MR) is 80.9 cm³/mol. The molecule has 1 fully saturated rings. The minimum atomic E-state index is 0.365. The van der Waals surface area contributed by atoms with Crippen LogP contribution >= 0.6 is 11.6 Å². The molecule has 0 saturated carbocycles. The largest absolute Gasteiger partial charge is 0.378 e. The molecule has 2 nitrogen and oxygen atoms in total. The van der Waals surface area contributed by atoms with Crippen LogP contribution < -0.4 is 5.32 Å². The second kappa shape index (κ2) is 6.74. The Morgan fingerprint density at radius 3 is 2.79 bits per heavy atom. The fourth-order valence-corrected chi connectivity index (χ4v) is 3.06. The Morgan fingerprint density at radius 2 is 2.16 bits per heavy atom. The quantitative estimate of drug-likeness (QED) is 0.874. The van der Waals surface area contributed by atoms with Crippen LogP contribution in [0.25, 0.3) is 0 Å². The zero-order valence-corrected chi connectivity index (χ0v) is 12.9. The third-order valence-electron chi connectivity index (χ3n) is 3.90. The molecule has 0 spiro atoms. The standard InChI is InChI=1S/C16H24ClNO/c1-4-18-16(10-13-6-5-7-19-13)14-8-12(3)15(17)9-11(14)2/h8-9,13,16,18H,4-7,10H2,1-3H3. The van der Waals surface area contributed by atoms with Crippen LogP contribution in [0, 0.1) is 13.8 Å². The minimum absolute atomic E-state index is 0.365. The van der Waals surface area contributed by atoms with Crippen molar-refractivity contribution in [1.82, 2.24) is 5.32 Å². The van der Waals surface area contributed by atoms with E-state index in [4.69, 9.17) is 16.3 Å². The van der Waals surface area contributed by atoms with Gasteiger partial charge in [0, 0.05) is 17.7 Å². The number of ether oxygens (including phenoxy) is 1. The molecule has 1 heterocycles. The SMILES string of the molecule is CCNC(CC1CCCO1)c1cc(C)c(Cl)cc1C. The van der Waals surface area contributed by atoms with Gasteiger partial charge >= 0.3 is 0 Å². The smallest absolute Gasteiger partial charge is 0.0594 e. The van der Waals surface area contributed by atoms with Gasteiger partial charge in [0.05, 0.1) is 6.10 Å². The van der Waals surface area contributed by atoms with Gasteiger partial charge in [-0.05, 0) is 62.4 Å². The summed E-state index contributed by atoms with van der Waals surface area (Å²) in [5, 5.41) is 4.45. The number of benzene rings is 1. The first kappa shape index (κ1) is 14.8. The molecule has 3 heteroatoms. The highest BCUT2D eigenvalue weighted by Gasteiger charge is 2.22. The van der Waals surface area contributed by atoms with Crippen molar-refractivity contribution in [2.75, 3.05) is 13.2 Å². The van der Waals surface area contributed by atoms with Gasteiger partial charge in [-0.2, -0.15) is 0 Å². The molecule has 0 amide bonds. The summed E-state index contributed by atoms with van der Waals surface area (Å²) in [6.45, 7) is 8.25. The highest BCUT2D eigenvalue weighted by molar-refractivity contribution is 6.31. The minimum Gasteiger partial charge on any atom is -0.378 e. The van der Waals surface area contributed by atoms with Crippen LogP contribution in [0.2, 0.25) is 5.02 Å². The lowest BCUT2D eigenvalue weighted by molar-refractivity contribution is 0.0947. The van der Waals surface area contributed by atoms with Crippen molar-refractivity contribution in [3.8, 4) is 0 Å². The van der Waals surface area contributed by atoms with Crippen LogP contribution in [0.4, 0.5) is 0 Å². The number of rotatable bonds is 5. The van der Waals surface area contributed by atoms with Gasteiger partial charge in [0.1, 0.15) is 0 Å². The first-order valence-corrected chi connectivity index (χ1v) is 7.61. The van der Waals surface area contributed by atoms with E-state index in [-0.39, 0.29) is 0 Å². The van der Waals surface area contributed by atoms with Gasteiger partial charge in [-0.15, -0.1) is 0 Å². The fraction of sp³-hybridized carbons (Fsp3) is 0.625. The summed E-state index contributed by atoms with van der Waals surface area (Å²) >= 11 is 6.19. The second-order valence-corrected chi connectivity index (χ2v) is 5.85. The van der Waals surface area contributed by atoms with E-state index in [1.165, 1.54) is 24.0 Å². The molecule has 0 aliphatic carbocycles. The molecule has 2 atom stereocenters. The highest BCUT2D eigenvalue weighted by Crippen LogP contribution is 2.30. The first-order chi connectivity index (χ1) is 9.11. The van der Waals surface area contributed by atoms with Gasteiger partial charge in [-0.3, -0.25) is 0 Å².